The molecule has 0 aliphatic carbocycles. The number of hydrogen-bond donors (Lipinski definition) is 8. The molecule has 0 bridgehead atoms. The maximum atomic E-state index is 12.6. The van der Waals surface area contributed by atoms with Crippen molar-refractivity contribution in [3.63, 3.8) is 0 Å². The minimum atomic E-state index is -5.57. The van der Waals surface area contributed by atoms with Crippen LogP contribution in [0.25, 0.3) is 11.2 Å². The number of phosphoric acid groups is 3. The van der Waals surface area contributed by atoms with Crippen LogP contribution in [0, 0.1) is 5.41 Å². The Morgan fingerprint density at radius 3 is 2.42 bits per heavy atom. The zero-order valence-corrected chi connectivity index (χ0v) is 32.2. The van der Waals surface area contributed by atoms with Crippen LogP contribution in [0.3, 0.4) is 0 Å². The molecular weight excluding hydrogens is 790 g/mol. The van der Waals surface area contributed by atoms with Gasteiger partial charge in [0.25, 0.3) is 7.82 Å². The van der Waals surface area contributed by atoms with Crippen LogP contribution in [0.4, 0.5) is 5.82 Å². The van der Waals surface area contributed by atoms with Crippen molar-refractivity contribution in [2.45, 2.75) is 64.3 Å². The standard InChI is InChI=1S/C24H40N7O17P3S.Li/c1-4-15(33)52-8-7-26-14(32)5-6-27-22(36)19(35)24(2,3)10-45-51(42,43)48-50(40,41)44-9-13-18(47-49(37,38)39)17(34)23(46-13)31-12-30-16-20(25)28-11-29-21(16)31;/h11-13,17-19,23,34-35H,4-10H2,1-3H3,(H,26,32)(H,27,36)(H,40,41)(H,42,43)(H2,25,28,29)(H2,37,38,39);/q;+1/p-1. The predicted molar refractivity (Wildman–Crippen MR) is 175 cm³/mol. The number of aliphatic hydroxyl groups is 2. The van der Waals surface area contributed by atoms with Crippen LogP contribution in [0.5, 0.6) is 0 Å². The Labute approximate surface area is 317 Å². The van der Waals surface area contributed by atoms with Crippen molar-refractivity contribution >= 4 is 69.1 Å². The van der Waals surface area contributed by atoms with Gasteiger partial charge in [0.05, 0.1) is 19.5 Å². The fraction of sp³-hybridized carbons (Fsp3) is 0.667. The van der Waals surface area contributed by atoms with Crippen molar-refractivity contribution in [2.24, 2.45) is 5.41 Å². The van der Waals surface area contributed by atoms with Gasteiger partial charge in [0, 0.05) is 37.1 Å². The number of thioether (sulfide) groups is 1. The van der Waals surface area contributed by atoms with Crippen LogP contribution in [-0.4, -0.2) is 118 Å². The van der Waals surface area contributed by atoms with E-state index in [0.717, 1.165) is 29.0 Å². The minimum Gasteiger partial charge on any atom is -0.756 e. The van der Waals surface area contributed by atoms with Gasteiger partial charge in [0.1, 0.15) is 36.3 Å². The molecule has 0 radical (unpaired) electrons. The van der Waals surface area contributed by atoms with Gasteiger partial charge in [0.2, 0.25) is 11.8 Å². The van der Waals surface area contributed by atoms with Gasteiger partial charge in [-0.2, -0.15) is 4.31 Å². The number of ether oxygens (including phenoxy) is 1. The molecule has 1 fully saturated rings. The summed E-state index contributed by atoms with van der Waals surface area (Å²) in [5.74, 6) is -1.09. The number of nitrogens with one attached hydrogen (secondary N) is 2. The van der Waals surface area contributed by atoms with E-state index in [4.69, 9.17) is 19.5 Å². The molecule has 0 spiro atoms. The topological polar surface area (TPSA) is 366 Å². The largest absolute Gasteiger partial charge is 1.00 e. The first-order valence-corrected chi connectivity index (χ1v) is 20.6. The van der Waals surface area contributed by atoms with Gasteiger partial charge in [-0.15, -0.1) is 0 Å². The van der Waals surface area contributed by atoms with E-state index in [1.807, 2.05) is 0 Å². The molecule has 1 aliphatic rings. The van der Waals surface area contributed by atoms with Crippen molar-refractivity contribution in [1.29, 1.82) is 0 Å². The second kappa shape index (κ2) is 19.8. The third kappa shape index (κ3) is 14.3. The fourth-order valence-electron chi connectivity index (χ4n) is 4.39. The number of imidazole rings is 1. The van der Waals surface area contributed by atoms with E-state index in [1.165, 1.54) is 13.8 Å². The second-order valence-corrected chi connectivity index (χ2v) is 17.0. The number of carbonyl (C=O) groups is 3. The van der Waals surface area contributed by atoms with Gasteiger partial charge in [-0.25, -0.2) is 24.1 Å². The summed E-state index contributed by atoms with van der Waals surface area (Å²) in [5, 5.41) is 26.2. The van der Waals surface area contributed by atoms with E-state index in [-0.39, 0.29) is 60.5 Å². The molecule has 2 aromatic heterocycles. The Hall–Kier alpha value is -1.84. The molecular formula is C24H39LiN7O17P3S. The molecule has 8 unspecified atom stereocenters. The Balaban J connectivity index is 0.00000972. The zero-order valence-electron chi connectivity index (χ0n) is 28.7. The molecule has 0 saturated carbocycles. The summed E-state index contributed by atoms with van der Waals surface area (Å²) < 4.78 is 61.6. The molecule has 9 N–H and O–H groups in total. The summed E-state index contributed by atoms with van der Waals surface area (Å²) in [6, 6.07) is 0. The van der Waals surface area contributed by atoms with Gasteiger partial charge in [-0.1, -0.05) is 32.5 Å². The molecule has 8 atom stereocenters. The number of aliphatic hydroxyl groups excluding tert-OH is 2. The first kappa shape index (κ1) is 47.3. The second-order valence-electron chi connectivity index (χ2n) is 11.6. The summed E-state index contributed by atoms with van der Waals surface area (Å²) >= 11 is 1.07. The number of phosphoric ester groups is 3. The molecule has 2 amide bonds. The Morgan fingerprint density at radius 2 is 1.77 bits per heavy atom. The first-order valence-electron chi connectivity index (χ1n) is 15.1. The fourth-order valence-corrected chi connectivity index (χ4v) is 7.85. The normalized spacial score (nSPS) is 22.9. The molecule has 1 aliphatic heterocycles. The quantitative estimate of drug-likeness (QED) is 0.0354. The molecule has 24 nitrogen and oxygen atoms in total. The van der Waals surface area contributed by atoms with E-state index in [0.29, 0.717) is 12.2 Å². The van der Waals surface area contributed by atoms with Crippen LogP contribution < -0.4 is 40.1 Å². The molecule has 3 rings (SSSR count). The van der Waals surface area contributed by atoms with Gasteiger partial charge < -0.3 is 55.4 Å². The minimum absolute atomic E-state index is 0. The van der Waals surface area contributed by atoms with Gasteiger partial charge in [-0.3, -0.25) is 32.6 Å². The zero-order chi connectivity index (χ0) is 39.1. The third-order valence-electron chi connectivity index (χ3n) is 7.05. The van der Waals surface area contributed by atoms with Crippen molar-refractivity contribution in [2.75, 3.05) is 37.8 Å². The van der Waals surface area contributed by atoms with Crippen molar-refractivity contribution < 1.29 is 99.3 Å². The van der Waals surface area contributed by atoms with E-state index in [1.54, 1.807) is 6.92 Å². The van der Waals surface area contributed by atoms with Crippen LogP contribution in [0.2, 0.25) is 0 Å². The Morgan fingerprint density at radius 1 is 1.11 bits per heavy atom. The number of rotatable bonds is 20. The first-order chi connectivity index (χ1) is 24.1. The van der Waals surface area contributed by atoms with Gasteiger partial charge in [0.15, 0.2) is 22.8 Å². The number of nitrogens with zero attached hydrogens (tertiary/aromatic N) is 4. The van der Waals surface area contributed by atoms with Crippen LogP contribution in [0.1, 0.15) is 39.8 Å². The summed E-state index contributed by atoms with van der Waals surface area (Å²) in [4.78, 5) is 88.4. The number of nitrogen functional groups attached to an aromatic ring is 1. The van der Waals surface area contributed by atoms with Gasteiger partial charge in [-0.05, 0) is 0 Å². The molecule has 0 aromatic carbocycles. The van der Waals surface area contributed by atoms with Crippen molar-refractivity contribution in [3.05, 3.63) is 12.7 Å². The number of amides is 2. The smallest absolute Gasteiger partial charge is 0.756 e. The Bertz CT molecular complexity index is 1740. The SMILES string of the molecule is CCC(=O)SCCNC(=O)CCNC(=O)C(O)C(C)(C)COP(=O)(O)OP(=O)(O)OCC1OC(n2cnc3c(N)ncnc32)C(O)C1OP(=O)([O-])O.[Li+]. The number of carbonyl (C=O) groups excluding carboxylic acids is 3. The van der Waals surface area contributed by atoms with E-state index < -0.39 is 84.6 Å². The average molecular weight is 830 g/mol. The molecule has 294 valence electrons. The molecule has 53 heavy (non-hydrogen) atoms. The maximum absolute atomic E-state index is 12.6. The number of nitrogens with two attached hydrogens (primary N) is 1. The van der Waals surface area contributed by atoms with Crippen molar-refractivity contribution in [1.82, 2.24) is 30.2 Å². The Kier molecular flexibility index (Phi) is 17.7. The number of hydrogen-bond acceptors (Lipinski definition) is 19. The number of anilines is 1. The number of aromatic nitrogens is 4. The van der Waals surface area contributed by atoms with Crippen LogP contribution in [-0.2, 0) is 50.7 Å². The summed E-state index contributed by atoms with van der Waals surface area (Å²) in [5.41, 5.74) is 4.22. The summed E-state index contributed by atoms with van der Waals surface area (Å²) in [6.07, 6.45) is -6.72. The average Bonchev–Trinajstić information content (AvgIpc) is 3.60. The van der Waals surface area contributed by atoms with Crippen LogP contribution >= 0.6 is 35.2 Å². The monoisotopic (exact) mass is 829 g/mol. The predicted octanol–water partition coefficient (Wildman–Crippen LogP) is -4.55. The molecule has 1 saturated heterocycles. The number of fused-ring (bicyclic) bond motifs is 1. The van der Waals surface area contributed by atoms with Crippen molar-refractivity contribution in [3.8, 4) is 0 Å². The molecule has 2 aromatic rings. The van der Waals surface area contributed by atoms with Gasteiger partial charge >= 0.3 is 34.5 Å². The molecule has 3 heterocycles. The summed E-state index contributed by atoms with van der Waals surface area (Å²) in [6.45, 7) is 2.19. The van der Waals surface area contributed by atoms with Crippen LogP contribution in [0.15, 0.2) is 12.7 Å². The van der Waals surface area contributed by atoms with E-state index in [9.17, 15) is 57.9 Å². The van der Waals surface area contributed by atoms with E-state index in [2.05, 4.69) is 34.4 Å². The third-order valence-corrected chi connectivity index (χ3v) is 11.2. The maximum Gasteiger partial charge on any atom is 1.00 e. The summed E-state index contributed by atoms with van der Waals surface area (Å²) in [7, 11) is -16.6. The molecule has 29 heteroatoms. The van der Waals surface area contributed by atoms with E-state index >= 15 is 0 Å².